The summed E-state index contributed by atoms with van der Waals surface area (Å²) in [6, 6.07) is 0. The monoisotopic (exact) mass is 251 g/mol. The van der Waals surface area contributed by atoms with Crippen molar-refractivity contribution in [3.05, 3.63) is 23.8 Å². The maximum atomic E-state index is 5.50. The van der Waals surface area contributed by atoms with Crippen molar-refractivity contribution in [3.63, 3.8) is 0 Å². The molecule has 1 fully saturated rings. The number of nitrogens with two attached hydrogens (primary N) is 1. The van der Waals surface area contributed by atoms with E-state index in [9.17, 15) is 0 Å². The summed E-state index contributed by atoms with van der Waals surface area (Å²) in [5.41, 5.74) is 6.63. The molecular weight excluding hydrogens is 230 g/mol. The van der Waals surface area contributed by atoms with Gasteiger partial charge in [-0.3, -0.25) is 0 Å². The summed E-state index contributed by atoms with van der Waals surface area (Å²) in [5.74, 6) is 1.91. The largest absolute Gasteiger partial charge is 0.330 e. The number of hydrogen-bond acceptors (Lipinski definition) is 4. The molecule has 0 saturated heterocycles. The molecule has 94 valence electrons. The van der Waals surface area contributed by atoms with E-state index in [1.54, 1.807) is 0 Å². The van der Waals surface area contributed by atoms with Crippen LogP contribution in [0.2, 0.25) is 0 Å². The fourth-order valence-electron chi connectivity index (χ4n) is 2.18. The van der Waals surface area contributed by atoms with Gasteiger partial charge in [-0.15, -0.1) is 0 Å². The van der Waals surface area contributed by atoms with Gasteiger partial charge in [0.25, 0.3) is 0 Å². The van der Waals surface area contributed by atoms with Crippen LogP contribution in [0.5, 0.6) is 0 Å². The Morgan fingerprint density at radius 1 is 1.18 bits per heavy atom. The minimum Gasteiger partial charge on any atom is -0.330 e. The van der Waals surface area contributed by atoms with E-state index in [-0.39, 0.29) is 0 Å². The summed E-state index contributed by atoms with van der Waals surface area (Å²) < 4.78 is 0. The van der Waals surface area contributed by atoms with Crippen LogP contribution in [0.25, 0.3) is 0 Å². The fraction of sp³-hybridized carbons (Fsp3) is 0.692. The molecule has 0 unspecified atom stereocenters. The van der Waals surface area contributed by atoms with E-state index in [1.807, 2.05) is 24.2 Å². The van der Waals surface area contributed by atoms with E-state index in [4.69, 9.17) is 5.73 Å². The Morgan fingerprint density at radius 2 is 1.88 bits per heavy atom. The molecule has 17 heavy (non-hydrogen) atoms. The van der Waals surface area contributed by atoms with Crippen molar-refractivity contribution in [2.24, 2.45) is 5.73 Å². The number of thioether (sulfide) groups is 1. The maximum Gasteiger partial charge on any atom is 0.138 e. The first-order valence-corrected chi connectivity index (χ1v) is 7.55. The van der Waals surface area contributed by atoms with Gasteiger partial charge in [-0.2, -0.15) is 11.8 Å². The van der Waals surface area contributed by atoms with Crippen LogP contribution in [0.1, 0.15) is 43.5 Å². The number of nitrogens with zero attached hydrogens (tertiary/aromatic N) is 2. The second kappa shape index (κ2) is 6.97. The summed E-state index contributed by atoms with van der Waals surface area (Å²) in [7, 11) is 0. The predicted octanol–water partition coefficient (Wildman–Crippen LogP) is 2.54. The van der Waals surface area contributed by atoms with Gasteiger partial charge in [-0.05, 0) is 31.4 Å². The molecule has 0 aromatic carbocycles. The molecule has 0 atom stereocenters. The van der Waals surface area contributed by atoms with E-state index in [0.717, 1.165) is 28.8 Å². The van der Waals surface area contributed by atoms with Crippen molar-refractivity contribution in [3.8, 4) is 0 Å². The third-order valence-electron chi connectivity index (χ3n) is 3.19. The van der Waals surface area contributed by atoms with E-state index in [0.29, 0.717) is 6.54 Å². The van der Waals surface area contributed by atoms with Crippen LogP contribution in [0.4, 0.5) is 0 Å². The van der Waals surface area contributed by atoms with Crippen molar-refractivity contribution < 1.29 is 0 Å². The lowest BCUT2D eigenvalue weighted by atomic mass is 10.0. The zero-order valence-corrected chi connectivity index (χ0v) is 11.1. The summed E-state index contributed by atoms with van der Waals surface area (Å²) in [6.45, 7) is 0.666. The van der Waals surface area contributed by atoms with E-state index < -0.39 is 0 Å². The van der Waals surface area contributed by atoms with Crippen LogP contribution in [0.3, 0.4) is 0 Å². The molecule has 1 aliphatic carbocycles. The third kappa shape index (κ3) is 4.28. The Kier molecular flexibility index (Phi) is 5.26. The molecular formula is C13H21N3S. The van der Waals surface area contributed by atoms with Crippen LogP contribution >= 0.6 is 11.8 Å². The van der Waals surface area contributed by atoms with E-state index in [2.05, 4.69) is 9.97 Å². The van der Waals surface area contributed by atoms with Crippen molar-refractivity contribution in [1.29, 1.82) is 0 Å². The summed E-state index contributed by atoms with van der Waals surface area (Å²) in [5, 5.41) is 0.830. The zero-order valence-electron chi connectivity index (χ0n) is 10.3. The van der Waals surface area contributed by atoms with Gasteiger partial charge in [-0.25, -0.2) is 9.97 Å². The molecule has 2 N–H and O–H groups in total. The highest BCUT2D eigenvalue weighted by atomic mass is 32.2. The van der Waals surface area contributed by atoms with Crippen molar-refractivity contribution >= 4 is 11.8 Å². The van der Waals surface area contributed by atoms with Crippen LogP contribution in [-0.4, -0.2) is 21.8 Å². The predicted molar refractivity (Wildman–Crippen MR) is 73.0 cm³/mol. The molecule has 1 aromatic heterocycles. The normalized spacial score (nSPS) is 17.2. The standard InChI is InChI=1S/C13H21N3S/c14-7-6-11-8-15-13(16-9-11)10-17-12-4-2-1-3-5-12/h8-9,12H,1-7,10,14H2. The van der Waals surface area contributed by atoms with Crippen molar-refractivity contribution in [2.75, 3.05) is 6.54 Å². The Hall–Kier alpha value is -0.610. The molecule has 0 radical (unpaired) electrons. The van der Waals surface area contributed by atoms with Gasteiger partial charge < -0.3 is 5.73 Å². The second-order valence-corrected chi connectivity index (χ2v) is 5.91. The smallest absolute Gasteiger partial charge is 0.138 e. The lowest BCUT2D eigenvalue weighted by Gasteiger charge is -2.20. The van der Waals surface area contributed by atoms with Crippen molar-refractivity contribution in [2.45, 2.75) is 49.5 Å². The minimum absolute atomic E-state index is 0.666. The van der Waals surface area contributed by atoms with E-state index >= 15 is 0 Å². The minimum atomic E-state index is 0.666. The highest BCUT2D eigenvalue weighted by Crippen LogP contribution is 2.29. The number of hydrogen-bond donors (Lipinski definition) is 1. The van der Waals surface area contributed by atoms with Crippen LogP contribution in [0.15, 0.2) is 12.4 Å². The zero-order chi connectivity index (χ0) is 11.9. The molecule has 2 rings (SSSR count). The van der Waals surface area contributed by atoms with Gasteiger partial charge >= 0.3 is 0 Å². The highest BCUT2D eigenvalue weighted by Gasteiger charge is 2.14. The Morgan fingerprint density at radius 3 is 2.53 bits per heavy atom. The van der Waals surface area contributed by atoms with Crippen LogP contribution < -0.4 is 5.73 Å². The van der Waals surface area contributed by atoms with Crippen LogP contribution in [-0.2, 0) is 12.2 Å². The van der Waals surface area contributed by atoms with Gasteiger partial charge in [0, 0.05) is 17.6 Å². The molecule has 3 nitrogen and oxygen atoms in total. The number of aromatic nitrogens is 2. The van der Waals surface area contributed by atoms with E-state index in [1.165, 1.54) is 32.1 Å². The lowest BCUT2D eigenvalue weighted by molar-refractivity contribution is 0.516. The molecule has 1 aliphatic rings. The van der Waals surface area contributed by atoms with Gasteiger partial charge in [-0.1, -0.05) is 19.3 Å². The first kappa shape index (κ1) is 12.8. The molecule has 0 bridgehead atoms. The molecule has 1 heterocycles. The molecule has 0 aliphatic heterocycles. The van der Waals surface area contributed by atoms with Gasteiger partial charge in [0.15, 0.2) is 0 Å². The average molecular weight is 251 g/mol. The first-order chi connectivity index (χ1) is 8.38. The fourth-order valence-corrected chi connectivity index (χ4v) is 3.38. The highest BCUT2D eigenvalue weighted by molar-refractivity contribution is 7.99. The van der Waals surface area contributed by atoms with Gasteiger partial charge in [0.2, 0.25) is 0 Å². The molecule has 0 spiro atoms. The quantitative estimate of drug-likeness (QED) is 0.873. The lowest BCUT2D eigenvalue weighted by Crippen LogP contribution is -2.09. The number of rotatable bonds is 5. The summed E-state index contributed by atoms with van der Waals surface area (Å²) >= 11 is 2.02. The summed E-state index contributed by atoms with van der Waals surface area (Å²) in [6.07, 6.45) is 11.7. The van der Waals surface area contributed by atoms with Gasteiger partial charge in [0.05, 0.1) is 5.75 Å². The van der Waals surface area contributed by atoms with Gasteiger partial charge in [0.1, 0.15) is 5.82 Å². The Balaban J connectivity index is 1.77. The molecule has 4 heteroatoms. The average Bonchev–Trinajstić information content (AvgIpc) is 2.40. The Labute approximate surface area is 108 Å². The SMILES string of the molecule is NCCc1cnc(CSC2CCCCC2)nc1. The van der Waals surface area contributed by atoms with Crippen molar-refractivity contribution in [1.82, 2.24) is 9.97 Å². The second-order valence-electron chi connectivity index (χ2n) is 4.62. The molecule has 0 amide bonds. The molecule has 1 aromatic rings. The third-order valence-corrected chi connectivity index (χ3v) is 4.56. The summed E-state index contributed by atoms with van der Waals surface area (Å²) in [4.78, 5) is 8.79. The molecule has 1 saturated carbocycles. The maximum absolute atomic E-state index is 5.50. The van der Waals surface area contributed by atoms with Crippen LogP contribution in [0, 0.1) is 0 Å². The Bertz CT molecular complexity index is 320. The first-order valence-electron chi connectivity index (χ1n) is 6.50. The topological polar surface area (TPSA) is 51.8 Å².